The van der Waals surface area contributed by atoms with E-state index in [2.05, 4.69) is 41.6 Å². The van der Waals surface area contributed by atoms with Crippen LogP contribution in [0.2, 0.25) is 0 Å². The number of hydrogen-bond acceptors (Lipinski definition) is 2. The normalized spacial score (nSPS) is 31.2. The van der Waals surface area contributed by atoms with Crippen molar-refractivity contribution in [3.8, 4) is 0 Å². The van der Waals surface area contributed by atoms with E-state index in [1.54, 1.807) is 0 Å². The van der Waals surface area contributed by atoms with Crippen LogP contribution in [0.5, 0.6) is 0 Å². The second-order valence-corrected chi connectivity index (χ2v) is 6.26. The lowest BCUT2D eigenvalue weighted by Gasteiger charge is -2.41. The number of rotatable bonds is 1. The van der Waals surface area contributed by atoms with Crippen molar-refractivity contribution in [3.63, 3.8) is 0 Å². The molecule has 3 nitrogen and oxygen atoms in total. The van der Waals surface area contributed by atoms with Crippen molar-refractivity contribution >= 4 is 10.9 Å². The lowest BCUT2D eigenvalue weighted by Crippen LogP contribution is -2.50. The molecule has 2 heterocycles. The van der Waals surface area contributed by atoms with Crippen molar-refractivity contribution in [3.05, 3.63) is 35.5 Å². The Labute approximate surface area is 113 Å². The summed E-state index contributed by atoms with van der Waals surface area (Å²) in [5, 5.41) is 5.20. The molecule has 100 valence electrons. The lowest BCUT2D eigenvalue weighted by atomic mass is 9.72. The quantitative estimate of drug-likeness (QED) is 0.731. The largest absolute Gasteiger partial charge is 0.361 e. The first-order valence-corrected chi connectivity index (χ1v) is 7.32. The van der Waals surface area contributed by atoms with Crippen molar-refractivity contribution in [1.29, 1.82) is 0 Å². The van der Waals surface area contributed by atoms with Crippen molar-refractivity contribution in [2.45, 2.75) is 37.8 Å². The number of piperidine rings is 1. The molecule has 0 saturated carbocycles. The molecule has 0 bridgehead atoms. The number of nitrogens with two attached hydrogens (primary N) is 1. The molecule has 1 saturated heterocycles. The van der Waals surface area contributed by atoms with E-state index in [1.807, 2.05) is 0 Å². The van der Waals surface area contributed by atoms with Crippen LogP contribution in [0.25, 0.3) is 10.9 Å². The van der Waals surface area contributed by atoms with Gasteiger partial charge < -0.3 is 16.0 Å². The Morgan fingerprint density at radius 2 is 2.26 bits per heavy atom. The lowest BCUT2D eigenvalue weighted by molar-refractivity contribution is 0.246. The van der Waals surface area contributed by atoms with Gasteiger partial charge in [0.2, 0.25) is 0 Å². The van der Waals surface area contributed by atoms with Crippen molar-refractivity contribution < 1.29 is 0 Å². The minimum atomic E-state index is 0.278. The number of nitrogens with one attached hydrogen (secondary N) is 2. The molecule has 1 aliphatic carbocycles. The van der Waals surface area contributed by atoms with E-state index in [4.69, 9.17) is 5.73 Å². The molecule has 2 aromatic rings. The molecule has 1 aliphatic heterocycles. The molecule has 19 heavy (non-hydrogen) atoms. The number of fused-ring (bicyclic) bond motifs is 2. The zero-order chi connectivity index (χ0) is 13.0. The van der Waals surface area contributed by atoms with Crippen LogP contribution in [0.15, 0.2) is 24.4 Å². The van der Waals surface area contributed by atoms with Crippen LogP contribution in [0.3, 0.4) is 0 Å². The fraction of sp³-hybridized carbons (Fsp3) is 0.500. The number of aromatic amines is 1. The fourth-order valence-electron chi connectivity index (χ4n) is 3.97. The second kappa shape index (κ2) is 4.09. The van der Waals surface area contributed by atoms with Crippen molar-refractivity contribution in [2.24, 2.45) is 11.7 Å². The minimum absolute atomic E-state index is 0.278. The Hall–Kier alpha value is -1.32. The van der Waals surface area contributed by atoms with Gasteiger partial charge in [0.05, 0.1) is 0 Å². The first-order chi connectivity index (χ1) is 9.24. The zero-order valence-electron chi connectivity index (χ0n) is 11.3. The molecule has 1 fully saturated rings. The minimum Gasteiger partial charge on any atom is -0.361 e. The summed E-state index contributed by atoms with van der Waals surface area (Å²) in [7, 11) is 0. The third-order valence-corrected chi connectivity index (χ3v) is 5.09. The van der Waals surface area contributed by atoms with E-state index >= 15 is 0 Å². The van der Waals surface area contributed by atoms with Gasteiger partial charge in [-0.15, -0.1) is 0 Å². The SMILES string of the molecule is CC(N)[C@H]1CN[C@@H]2Cc3c[nH]c4cccc(c34)[C@H]2C1. The summed E-state index contributed by atoms with van der Waals surface area (Å²) in [6, 6.07) is 7.53. The maximum absolute atomic E-state index is 6.11. The first kappa shape index (κ1) is 11.5. The molecule has 4 rings (SSSR count). The highest BCUT2D eigenvalue weighted by molar-refractivity contribution is 5.88. The van der Waals surface area contributed by atoms with E-state index < -0.39 is 0 Å². The van der Waals surface area contributed by atoms with Gasteiger partial charge in [0.15, 0.2) is 0 Å². The third kappa shape index (κ3) is 1.65. The Kier molecular flexibility index (Phi) is 2.47. The molecule has 2 aliphatic rings. The number of aromatic nitrogens is 1. The summed E-state index contributed by atoms with van der Waals surface area (Å²) in [5.74, 6) is 1.22. The predicted octanol–water partition coefficient (Wildman–Crippen LogP) is 2.13. The molecular weight excluding hydrogens is 234 g/mol. The highest BCUT2D eigenvalue weighted by Gasteiger charge is 2.36. The predicted molar refractivity (Wildman–Crippen MR) is 78.3 cm³/mol. The standard InChI is InChI=1S/C16H21N3/c1-9(17)10-5-13-12-3-2-4-14-16(12)11(8-18-14)6-15(13)19-7-10/h2-4,8-10,13,15,18-19H,5-7,17H2,1H3/t9?,10-,13-,15-/m1/s1. The summed E-state index contributed by atoms with van der Waals surface area (Å²) in [5.41, 5.74) is 10.4. The van der Waals surface area contributed by atoms with Gasteiger partial charge in [-0.2, -0.15) is 0 Å². The topological polar surface area (TPSA) is 53.8 Å². The van der Waals surface area contributed by atoms with Gasteiger partial charge in [-0.3, -0.25) is 0 Å². The maximum atomic E-state index is 6.11. The molecule has 0 radical (unpaired) electrons. The van der Waals surface area contributed by atoms with E-state index in [1.165, 1.54) is 28.5 Å². The summed E-state index contributed by atoms with van der Waals surface area (Å²) >= 11 is 0. The van der Waals surface area contributed by atoms with Gasteiger partial charge in [0, 0.05) is 35.1 Å². The van der Waals surface area contributed by atoms with Crippen LogP contribution in [0, 0.1) is 5.92 Å². The number of benzene rings is 1. The molecule has 4 N–H and O–H groups in total. The monoisotopic (exact) mass is 255 g/mol. The van der Waals surface area contributed by atoms with Crippen LogP contribution in [0.1, 0.15) is 30.4 Å². The van der Waals surface area contributed by atoms with Gasteiger partial charge in [-0.05, 0) is 49.4 Å². The second-order valence-electron chi connectivity index (χ2n) is 6.26. The molecule has 3 heteroatoms. The fourth-order valence-corrected chi connectivity index (χ4v) is 3.97. The molecule has 1 aromatic heterocycles. The van der Waals surface area contributed by atoms with E-state index in [9.17, 15) is 0 Å². The molecular formula is C16H21N3. The van der Waals surface area contributed by atoms with Crippen LogP contribution >= 0.6 is 0 Å². The third-order valence-electron chi connectivity index (χ3n) is 5.09. The smallest absolute Gasteiger partial charge is 0.0459 e. The Bertz CT molecular complexity index is 613. The Morgan fingerprint density at radius 3 is 3.11 bits per heavy atom. The molecule has 0 amide bonds. The van der Waals surface area contributed by atoms with E-state index in [0.717, 1.165) is 13.0 Å². The first-order valence-electron chi connectivity index (χ1n) is 7.32. The van der Waals surface area contributed by atoms with Gasteiger partial charge in [0.25, 0.3) is 0 Å². The number of hydrogen-bond donors (Lipinski definition) is 3. The van der Waals surface area contributed by atoms with Crippen LogP contribution < -0.4 is 11.1 Å². The summed E-state index contributed by atoms with van der Waals surface area (Å²) in [6.07, 6.45) is 4.55. The number of H-pyrrole nitrogens is 1. The highest BCUT2D eigenvalue weighted by Crippen LogP contribution is 2.42. The van der Waals surface area contributed by atoms with Crippen molar-refractivity contribution in [2.75, 3.05) is 6.54 Å². The Morgan fingerprint density at radius 1 is 1.37 bits per heavy atom. The maximum Gasteiger partial charge on any atom is 0.0459 e. The molecule has 4 atom stereocenters. The summed E-state index contributed by atoms with van der Waals surface area (Å²) < 4.78 is 0. The van der Waals surface area contributed by atoms with Gasteiger partial charge in [-0.1, -0.05) is 12.1 Å². The molecule has 1 aromatic carbocycles. The van der Waals surface area contributed by atoms with Crippen molar-refractivity contribution in [1.82, 2.24) is 10.3 Å². The van der Waals surface area contributed by atoms with E-state index in [-0.39, 0.29) is 6.04 Å². The summed E-state index contributed by atoms with van der Waals surface area (Å²) in [6.45, 7) is 3.20. The van der Waals surface area contributed by atoms with Gasteiger partial charge in [-0.25, -0.2) is 0 Å². The molecule has 0 spiro atoms. The Balaban J connectivity index is 1.80. The molecule has 1 unspecified atom stereocenters. The average molecular weight is 255 g/mol. The average Bonchev–Trinajstić information content (AvgIpc) is 2.83. The van der Waals surface area contributed by atoms with Crippen LogP contribution in [-0.4, -0.2) is 23.6 Å². The zero-order valence-corrected chi connectivity index (χ0v) is 11.3. The van der Waals surface area contributed by atoms with Gasteiger partial charge in [0.1, 0.15) is 0 Å². The van der Waals surface area contributed by atoms with Gasteiger partial charge >= 0.3 is 0 Å². The van der Waals surface area contributed by atoms with E-state index in [0.29, 0.717) is 17.9 Å². The van der Waals surface area contributed by atoms with Crippen LogP contribution in [-0.2, 0) is 6.42 Å². The van der Waals surface area contributed by atoms with Crippen LogP contribution in [0.4, 0.5) is 0 Å². The summed E-state index contributed by atoms with van der Waals surface area (Å²) in [4.78, 5) is 3.41. The highest BCUT2D eigenvalue weighted by atomic mass is 15.0.